The van der Waals surface area contributed by atoms with E-state index in [0.717, 1.165) is 13.0 Å². The summed E-state index contributed by atoms with van der Waals surface area (Å²) >= 11 is 0. The van der Waals surface area contributed by atoms with Crippen molar-refractivity contribution >= 4 is 11.8 Å². The van der Waals surface area contributed by atoms with Crippen LogP contribution in [-0.2, 0) is 4.79 Å². The van der Waals surface area contributed by atoms with E-state index in [1.165, 1.54) is 18.5 Å². The third-order valence-corrected chi connectivity index (χ3v) is 3.76. The van der Waals surface area contributed by atoms with Crippen LogP contribution < -0.4 is 0 Å². The van der Waals surface area contributed by atoms with Gasteiger partial charge >= 0.3 is 0 Å². The Morgan fingerprint density at radius 3 is 2.73 bits per heavy atom. The molecule has 0 bridgehead atoms. The van der Waals surface area contributed by atoms with E-state index in [-0.39, 0.29) is 23.1 Å². The lowest BCUT2D eigenvalue weighted by atomic mass is 10.2. The number of aromatic hydroxyl groups is 1. The maximum atomic E-state index is 12.5. The molecule has 1 aliphatic heterocycles. The zero-order valence-corrected chi connectivity index (χ0v) is 13.0. The van der Waals surface area contributed by atoms with Gasteiger partial charge in [0.15, 0.2) is 0 Å². The van der Waals surface area contributed by atoms with Crippen LogP contribution in [0.2, 0.25) is 0 Å². The van der Waals surface area contributed by atoms with Crippen LogP contribution in [0.3, 0.4) is 0 Å². The predicted molar refractivity (Wildman–Crippen MR) is 81.6 cm³/mol. The Morgan fingerprint density at radius 1 is 1.27 bits per heavy atom. The normalized spacial score (nSPS) is 16.2. The van der Waals surface area contributed by atoms with Gasteiger partial charge in [0.2, 0.25) is 5.91 Å². The molecule has 0 unspecified atom stereocenters. The van der Waals surface area contributed by atoms with Crippen LogP contribution in [0, 0.1) is 0 Å². The van der Waals surface area contributed by atoms with E-state index in [1.54, 1.807) is 23.9 Å². The van der Waals surface area contributed by atoms with Gasteiger partial charge in [-0.05, 0) is 12.5 Å². The highest BCUT2D eigenvalue weighted by atomic mass is 16.3. The Hall–Kier alpha value is -2.15. The van der Waals surface area contributed by atoms with Crippen LogP contribution in [0.25, 0.3) is 0 Å². The maximum absolute atomic E-state index is 12.5. The SMILES string of the molecule is CN(C)C(=O)CN1CCCN(C(=O)c2ccncc2O)CC1. The molecule has 1 fully saturated rings. The fraction of sp³-hybridized carbons (Fsp3) is 0.533. The fourth-order valence-corrected chi connectivity index (χ4v) is 2.40. The highest BCUT2D eigenvalue weighted by molar-refractivity contribution is 5.96. The highest BCUT2D eigenvalue weighted by Gasteiger charge is 2.23. The van der Waals surface area contributed by atoms with Crippen molar-refractivity contribution in [2.45, 2.75) is 6.42 Å². The van der Waals surface area contributed by atoms with Gasteiger partial charge in [-0.25, -0.2) is 0 Å². The zero-order valence-electron chi connectivity index (χ0n) is 13.0. The van der Waals surface area contributed by atoms with Gasteiger partial charge in [0, 0.05) is 46.5 Å². The van der Waals surface area contributed by atoms with Crippen molar-refractivity contribution in [2.75, 3.05) is 46.8 Å². The molecule has 2 heterocycles. The maximum Gasteiger partial charge on any atom is 0.257 e. The van der Waals surface area contributed by atoms with E-state index >= 15 is 0 Å². The Bertz CT molecular complexity index is 547. The molecule has 1 N–H and O–H groups in total. The first kappa shape index (κ1) is 16.2. The lowest BCUT2D eigenvalue weighted by Crippen LogP contribution is -2.39. The van der Waals surface area contributed by atoms with Crippen LogP contribution in [0.5, 0.6) is 5.75 Å². The molecule has 2 rings (SSSR count). The number of carbonyl (C=O) groups is 2. The Labute approximate surface area is 130 Å². The lowest BCUT2D eigenvalue weighted by Gasteiger charge is -2.23. The van der Waals surface area contributed by atoms with Gasteiger partial charge in [-0.1, -0.05) is 0 Å². The lowest BCUT2D eigenvalue weighted by molar-refractivity contribution is -0.129. The van der Waals surface area contributed by atoms with Crippen LogP contribution in [0.4, 0.5) is 0 Å². The van der Waals surface area contributed by atoms with Gasteiger partial charge in [0.1, 0.15) is 5.75 Å². The molecule has 120 valence electrons. The van der Waals surface area contributed by atoms with Gasteiger partial charge < -0.3 is 14.9 Å². The summed E-state index contributed by atoms with van der Waals surface area (Å²) in [4.78, 5) is 33.4. The molecular weight excluding hydrogens is 284 g/mol. The van der Waals surface area contributed by atoms with Crippen molar-refractivity contribution in [3.05, 3.63) is 24.0 Å². The number of nitrogens with zero attached hydrogens (tertiary/aromatic N) is 4. The Morgan fingerprint density at radius 2 is 2.05 bits per heavy atom. The van der Waals surface area contributed by atoms with E-state index in [2.05, 4.69) is 9.88 Å². The van der Waals surface area contributed by atoms with Crippen LogP contribution in [0.15, 0.2) is 18.5 Å². The Balaban J connectivity index is 1.97. The molecule has 0 spiro atoms. The average molecular weight is 306 g/mol. The topological polar surface area (TPSA) is 77.0 Å². The third kappa shape index (κ3) is 3.94. The van der Waals surface area contributed by atoms with Gasteiger partial charge in [-0.15, -0.1) is 0 Å². The second-order valence-electron chi connectivity index (χ2n) is 5.60. The quantitative estimate of drug-likeness (QED) is 0.852. The van der Waals surface area contributed by atoms with Crippen LogP contribution in [0.1, 0.15) is 16.8 Å². The third-order valence-electron chi connectivity index (χ3n) is 3.76. The first-order chi connectivity index (χ1) is 10.5. The summed E-state index contributed by atoms with van der Waals surface area (Å²) in [5.41, 5.74) is 0.271. The molecule has 1 aromatic rings. The summed E-state index contributed by atoms with van der Waals surface area (Å²) in [5.74, 6) is -0.233. The molecule has 1 aliphatic rings. The number of rotatable bonds is 3. The fourth-order valence-electron chi connectivity index (χ4n) is 2.40. The van der Waals surface area contributed by atoms with E-state index in [0.29, 0.717) is 26.2 Å². The summed E-state index contributed by atoms with van der Waals surface area (Å²) in [6, 6.07) is 1.52. The summed E-state index contributed by atoms with van der Waals surface area (Å²) < 4.78 is 0. The van der Waals surface area contributed by atoms with Crippen molar-refractivity contribution in [3.8, 4) is 5.75 Å². The monoisotopic (exact) mass is 306 g/mol. The van der Waals surface area contributed by atoms with Gasteiger partial charge in [-0.2, -0.15) is 0 Å². The molecule has 0 atom stereocenters. The second-order valence-corrected chi connectivity index (χ2v) is 5.60. The summed E-state index contributed by atoms with van der Waals surface area (Å²) in [5, 5.41) is 9.74. The smallest absolute Gasteiger partial charge is 0.257 e. The minimum atomic E-state index is -0.194. The van der Waals surface area contributed by atoms with Crippen molar-refractivity contribution in [2.24, 2.45) is 0 Å². The van der Waals surface area contributed by atoms with Gasteiger partial charge in [0.05, 0.1) is 18.3 Å². The summed E-state index contributed by atoms with van der Waals surface area (Å²) in [6.07, 6.45) is 3.57. The first-order valence-corrected chi connectivity index (χ1v) is 7.34. The molecule has 22 heavy (non-hydrogen) atoms. The molecule has 7 nitrogen and oxygen atoms in total. The molecular formula is C15H22N4O3. The Kier molecular flexibility index (Phi) is 5.32. The zero-order chi connectivity index (χ0) is 16.1. The number of aromatic nitrogens is 1. The molecule has 1 saturated heterocycles. The minimum Gasteiger partial charge on any atom is -0.505 e. The van der Waals surface area contributed by atoms with Gasteiger partial charge in [-0.3, -0.25) is 19.5 Å². The molecule has 0 aliphatic carbocycles. The number of amides is 2. The number of carbonyl (C=O) groups excluding carboxylic acids is 2. The molecule has 0 saturated carbocycles. The molecule has 7 heteroatoms. The van der Waals surface area contributed by atoms with Crippen molar-refractivity contribution in [3.63, 3.8) is 0 Å². The predicted octanol–water partition coefficient (Wildman–Crippen LogP) is 0.0233. The number of likely N-dealkylation sites (N-methyl/N-ethyl adjacent to an activating group) is 1. The average Bonchev–Trinajstić information content (AvgIpc) is 2.72. The first-order valence-electron chi connectivity index (χ1n) is 7.34. The highest BCUT2D eigenvalue weighted by Crippen LogP contribution is 2.17. The summed E-state index contributed by atoms with van der Waals surface area (Å²) in [6.45, 7) is 2.97. The van der Waals surface area contributed by atoms with E-state index in [9.17, 15) is 14.7 Å². The molecule has 1 aromatic heterocycles. The number of hydrogen-bond acceptors (Lipinski definition) is 5. The van der Waals surface area contributed by atoms with Crippen molar-refractivity contribution < 1.29 is 14.7 Å². The summed E-state index contributed by atoms with van der Waals surface area (Å²) in [7, 11) is 3.48. The van der Waals surface area contributed by atoms with Crippen molar-refractivity contribution in [1.29, 1.82) is 0 Å². The van der Waals surface area contributed by atoms with Crippen LogP contribution >= 0.6 is 0 Å². The molecule has 2 amide bonds. The minimum absolute atomic E-state index is 0.0616. The van der Waals surface area contributed by atoms with Crippen molar-refractivity contribution in [1.82, 2.24) is 19.7 Å². The molecule has 0 aromatic carbocycles. The number of hydrogen-bond donors (Lipinski definition) is 1. The largest absolute Gasteiger partial charge is 0.505 e. The van der Waals surface area contributed by atoms with E-state index in [4.69, 9.17) is 0 Å². The van der Waals surface area contributed by atoms with E-state index < -0.39 is 0 Å². The van der Waals surface area contributed by atoms with E-state index in [1.807, 2.05) is 0 Å². The van der Waals surface area contributed by atoms with Gasteiger partial charge in [0.25, 0.3) is 5.91 Å². The number of pyridine rings is 1. The second kappa shape index (κ2) is 7.22. The van der Waals surface area contributed by atoms with Crippen LogP contribution in [-0.4, -0.2) is 83.4 Å². The standard InChI is InChI=1S/C15H22N4O3/c1-17(2)14(21)11-18-6-3-7-19(9-8-18)15(22)12-4-5-16-10-13(12)20/h4-5,10,20H,3,6-9,11H2,1-2H3. The molecule has 0 radical (unpaired) electrons.